The van der Waals surface area contributed by atoms with Gasteiger partial charge in [0.05, 0.1) is 16.7 Å². The van der Waals surface area contributed by atoms with Crippen LogP contribution in [0.4, 0.5) is 0 Å². The molecule has 0 bridgehead atoms. The molecule has 0 amide bonds. The molecule has 0 fully saturated rings. The molecule has 12 rings (SSSR count). The quantitative estimate of drug-likeness (QED) is 0.184. The summed E-state index contributed by atoms with van der Waals surface area (Å²) >= 11 is 3.64. The van der Waals surface area contributed by atoms with Crippen LogP contribution in [0.15, 0.2) is 161 Å². The summed E-state index contributed by atoms with van der Waals surface area (Å²) in [6.07, 6.45) is 0. The zero-order chi connectivity index (χ0) is 33.9. The van der Waals surface area contributed by atoms with Gasteiger partial charge in [0.2, 0.25) is 5.95 Å². The number of benzene rings is 7. The molecular formula is C45H25N5S2. The zero-order valence-corrected chi connectivity index (χ0v) is 29.1. The van der Waals surface area contributed by atoms with E-state index in [0.29, 0.717) is 17.6 Å². The topological polar surface area (TPSA) is 48.5 Å². The fraction of sp³-hybridized carbons (Fsp3) is 0. The Morgan fingerprint density at radius 1 is 0.481 bits per heavy atom. The minimum atomic E-state index is 0.590. The monoisotopic (exact) mass is 699 g/mol. The molecule has 52 heavy (non-hydrogen) atoms. The van der Waals surface area contributed by atoms with Gasteiger partial charge in [0.25, 0.3) is 0 Å². The van der Waals surface area contributed by atoms with Crippen LogP contribution in [-0.2, 0) is 0 Å². The summed E-state index contributed by atoms with van der Waals surface area (Å²) in [6, 6.07) is 54.0. The molecule has 0 saturated carbocycles. The Bertz CT molecular complexity index is 3300. The van der Waals surface area contributed by atoms with Gasteiger partial charge in [0.1, 0.15) is 5.65 Å². The molecule has 5 heterocycles. The molecule has 0 N–H and O–H groups in total. The van der Waals surface area contributed by atoms with E-state index >= 15 is 0 Å². The van der Waals surface area contributed by atoms with Crippen LogP contribution in [-0.4, -0.2) is 24.1 Å². The van der Waals surface area contributed by atoms with E-state index in [9.17, 15) is 0 Å². The van der Waals surface area contributed by atoms with Crippen molar-refractivity contribution in [1.29, 1.82) is 0 Å². The molecule has 7 heteroatoms. The van der Waals surface area contributed by atoms with Crippen LogP contribution in [0.25, 0.3) is 98.2 Å². The lowest BCUT2D eigenvalue weighted by molar-refractivity contribution is 0.927. The van der Waals surface area contributed by atoms with Gasteiger partial charge in [-0.2, -0.15) is 9.97 Å². The smallest absolute Gasteiger partial charge is 0.239 e. The SMILES string of the molecule is c1ccc2c(c1)Sc1cccc3c4c5ccccc5n(-c5nc(-c6ccc7ccccc7c6)nc(-c6cccc7sc8ccccc8c67)n5)c4n-2c13. The molecule has 4 aromatic heterocycles. The summed E-state index contributed by atoms with van der Waals surface area (Å²) in [7, 11) is 0. The third-order valence-electron chi connectivity index (χ3n) is 10.4. The molecule has 242 valence electrons. The van der Waals surface area contributed by atoms with Crippen molar-refractivity contribution < 1.29 is 0 Å². The first-order valence-corrected chi connectivity index (χ1v) is 18.9. The van der Waals surface area contributed by atoms with Crippen molar-refractivity contribution in [2.24, 2.45) is 0 Å². The summed E-state index contributed by atoms with van der Waals surface area (Å²) in [5, 5.41) is 8.30. The minimum absolute atomic E-state index is 0.590. The number of fused-ring (bicyclic) bond motifs is 11. The summed E-state index contributed by atoms with van der Waals surface area (Å²) in [5.74, 6) is 1.88. The van der Waals surface area contributed by atoms with Crippen LogP contribution in [0.1, 0.15) is 0 Å². The third-order valence-corrected chi connectivity index (χ3v) is 12.6. The van der Waals surface area contributed by atoms with Crippen molar-refractivity contribution in [3.8, 4) is 34.4 Å². The fourth-order valence-electron chi connectivity index (χ4n) is 8.13. The van der Waals surface area contributed by atoms with Gasteiger partial charge in [0, 0.05) is 57.2 Å². The average molecular weight is 700 g/mol. The molecular weight excluding hydrogens is 675 g/mol. The predicted molar refractivity (Wildman–Crippen MR) is 216 cm³/mol. The van der Waals surface area contributed by atoms with Gasteiger partial charge in [-0.1, -0.05) is 121 Å². The number of thiophene rings is 1. The average Bonchev–Trinajstić information content (AvgIpc) is 3.86. The van der Waals surface area contributed by atoms with Crippen molar-refractivity contribution in [2.45, 2.75) is 9.79 Å². The molecule has 7 aromatic carbocycles. The second kappa shape index (κ2) is 10.6. The second-order valence-electron chi connectivity index (χ2n) is 13.2. The van der Waals surface area contributed by atoms with E-state index in [4.69, 9.17) is 15.0 Å². The standard InChI is InChI=1S/C45H25N5S2/c1-2-12-27-25-28(24-23-26(27)11-1)42-46-43(32-16-10-21-37-39(32)30-14-4-7-19-35(30)51-37)48-45(47-42)50-33-17-5-3-13-29(33)40-31-15-9-22-38-41(31)49(44(40)50)34-18-6-8-20-36(34)52-38/h1-25H. The van der Waals surface area contributed by atoms with Crippen LogP contribution < -0.4 is 0 Å². The Hall–Kier alpha value is -6.28. The van der Waals surface area contributed by atoms with E-state index in [0.717, 1.165) is 33.4 Å². The van der Waals surface area contributed by atoms with E-state index in [1.165, 1.54) is 57.0 Å². The molecule has 0 saturated heterocycles. The van der Waals surface area contributed by atoms with E-state index in [-0.39, 0.29) is 0 Å². The van der Waals surface area contributed by atoms with E-state index in [2.05, 4.69) is 161 Å². The number of rotatable bonds is 3. The normalized spacial score (nSPS) is 12.5. The lowest BCUT2D eigenvalue weighted by Crippen LogP contribution is -2.10. The Morgan fingerprint density at radius 3 is 2.17 bits per heavy atom. The Morgan fingerprint density at radius 2 is 1.21 bits per heavy atom. The summed E-state index contributed by atoms with van der Waals surface area (Å²) in [5.41, 5.74) is 6.43. The largest absolute Gasteiger partial charge is 0.293 e. The highest BCUT2D eigenvalue weighted by atomic mass is 32.2. The molecule has 1 aliphatic heterocycles. The Kier molecular flexibility index (Phi) is 5.80. The van der Waals surface area contributed by atoms with Crippen molar-refractivity contribution in [3.63, 3.8) is 0 Å². The maximum Gasteiger partial charge on any atom is 0.239 e. The van der Waals surface area contributed by atoms with Crippen molar-refractivity contribution in [1.82, 2.24) is 24.1 Å². The van der Waals surface area contributed by atoms with Crippen LogP contribution in [0, 0.1) is 0 Å². The van der Waals surface area contributed by atoms with Gasteiger partial charge >= 0.3 is 0 Å². The van der Waals surface area contributed by atoms with Gasteiger partial charge in [0.15, 0.2) is 11.6 Å². The fourth-order valence-corrected chi connectivity index (χ4v) is 10.4. The Balaban J connectivity index is 1.24. The lowest BCUT2D eigenvalue weighted by atomic mass is 10.1. The van der Waals surface area contributed by atoms with Gasteiger partial charge in [-0.15, -0.1) is 11.3 Å². The second-order valence-corrected chi connectivity index (χ2v) is 15.4. The van der Waals surface area contributed by atoms with Gasteiger partial charge in [-0.05, 0) is 53.2 Å². The zero-order valence-electron chi connectivity index (χ0n) is 27.5. The number of aromatic nitrogens is 5. The maximum atomic E-state index is 5.44. The maximum absolute atomic E-state index is 5.44. The first-order chi connectivity index (χ1) is 25.8. The van der Waals surface area contributed by atoms with Crippen molar-refractivity contribution in [2.75, 3.05) is 0 Å². The third kappa shape index (κ3) is 3.92. The summed E-state index contributed by atoms with van der Waals surface area (Å²) in [6.45, 7) is 0. The number of nitrogens with zero attached hydrogens (tertiary/aromatic N) is 5. The number of hydrogen-bond donors (Lipinski definition) is 0. The van der Waals surface area contributed by atoms with Gasteiger partial charge in [-0.3, -0.25) is 9.13 Å². The molecule has 0 atom stereocenters. The lowest BCUT2D eigenvalue weighted by Gasteiger charge is -2.20. The molecule has 0 radical (unpaired) electrons. The number of hydrogen-bond acceptors (Lipinski definition) is 5. The number of para-hydroxylation sites is 3. The minimum Gasteiger partial charge on any atom is -0.293 e. The molecule has 11 aromatic rings. The molecule has 0 spiro atoms. The van der Waals surface area contributed by atoms with Crippen LogP contribution >= 0.6 is 23.1 Å². The van der Waals surface area contributed by atoms with Gasteiger partial charge in [-0.25, -0.2) is 4.98 Å². The summed E-state index contributed by atoms with van der Waals surface area (Å²) in [4.78, 5) is 18.6. The van der Waals surface area contributed by atoms with Gasteiger partial charge < -0.3 is 0 Å². The van der Waals surface area contributed by atoms with Crippen LogP contribution in [0.2, 0.25) is 0 Å². The van der Waals surface area contributed by atoms with Crippen molar-refractivity contribution >= 4 is 86.9 Å². The highest BCUT2D eigenvalue weighted by molar-refractivity contribution is 7.99. The highest BCUT2D eigenvalue weighted by Crippen LogP contribution is 2.49. The van der Waals surface area contributed by atoms with E-state index in [1.807, 2.05) is 11.8 Å². The van der Waals surface area contributed by atoms with Crippen molar-refractivity contribution in [3.05, 3.63) is 152 Å². The first kappa shape index (κ1) is 28.4. The first-order valence-electron chi connectivity index (χ1n) is 17.3. The van der Waals surface area contributed by atoms with E-state index in [1.54, 1.807) is 11.3 Å². The molecule has 1 aliphatic rings. The predicted octanol–water partition coefficient (Wildman–Crippen LogP) is 12.2. The van der Waals surface area contributed by atoms with Crippen LogP contribution in [0.3, 0.4) is 0 Å². The highest BCUT2D eigenvalue weighted by Gasteiger charge is 2.29. The van der Waals surface area contributed by atoms with Crippen LogP contribution in [0.5, 0.6) is 0 Å². The van der Waals surface area contributed by atoms with E-state index < -0.39 is 0 Å². The molecule has 5 nitrogen and oxygen atoms in total. The molecule has 0 aliphatic carbocycles. The summed E-state index contributed by atoms with van der Waals surface area (Å²) < 4.78 is 7.16. The molecule has 0 unspecified atom stereocenters. The Labute approximate surface area is 305 Å².